The molecule has 1 aliphatic carbocycles. The van der Waals surface area contributed by atoms with Gasteiger partial charge in [0, 0.05) is 61.4 Å². The molecule has 3 heterocycles. The van der Waals surface area contributed by atoms with Gasteiger partial charge in [0.25, 0.3) is 0 Å². The van der Waals surface area contributed by atoms with Gasteiger partial charge in [-0.3, -0.25) is 0 Å². The Hall–Kier alpha value is -2.60. The lowest BCUT2D eigenvalue weighted by Crippen LogP contribution is -2.44. The normalized spacial score (nSPS) is 18.2. The zero-order valence-electron chi connectivity index (χ0n) is 16.0. The summed E-state index contributed by atoms with van der Waals surface area (Å²) in [4.78, 5) is 14.1. The lowest BCUT2D eigenvalue weighted by Gasteiger charge is -2.34. The van der Waals surface area contributed by atoms with Gasteiger partial charge in [-0.05, 0) is 56.6 Å². The van der Waals surface area contributed by atoms with Crippen molar-refractivity contribution in [2.24, 2.45) is 0 Å². The monoisotopic (exact) mass is 362 g/mol. The van der Waals surface area contributed by atoms with Crippen LogP contribution in [0.3, 0.4) is 0 Å². The van der Waals surface area contributed by atoms with Crippen LogP contribution in [0.25, 0.3) is 11.0 Å². The number of fused-ring (bicyclic) bond motifs is 1. The molecule has 0 atom stereocenters. The summed E-state index contributed by atoms with van der Waals surface area (Å²) in [5.41, 5.74) is 4.60. The number of anilines is 3. The van der Waals surface area contributed by atoms with Crippen LogP contribution in [0.2, 0.25) is 0 Å². The van der Waals surface area contributed by atoms with E-state index >= 15 is 0 Å². The molecule has 2 fully saturated rings. The molecule has 27 heavy (non-hydrogen) atoms. The highest BCUT2D eigenvalue weighted by Crippen LogP contribution is 2.38. The lowest BCUT2D eigenvalue weighted by molar-refractivity contribution is 0.313. The molecule has 1 saturated carbocycles. The van der Waals surface area contributed by atoms with E-state index in [1.54, 1.807) is 0 Å². The number of hydrogen-bond acceptors (Lipinski definition) is 5. The molecule has 1 aliphatic heterocycles. The zero-order chi connectivity index (χ0) is 18.4. The number of hydrogen-bond donors (Lipinski definition) is 1. The van der Waals surface area contributed by atoms with Crippen LogP contribution in [0.4, 0.5) is 17.3 Å². The van der Waals surface area contributed by atoms with Crippen LogP contribution in [-0.4, -0.2) is 52.7 Å². The second-order valence-corrected chi connectivity index (χ2v) is 7.84. The Labute approximate surface area is 159 Å². The first-order valence-electron chi connectivity index (χ1n) is 9.82. The van der Waals surface area contributed by atoms with Crippen molar-refractivity contribution in [1.82, 2.24) is 19.4 Å². The zero-order valence-corrected chi connectivity index (χ0v) is 16.0. The molecule has 6 heteroatoms. The number of piperazine rings is 1. The maximum atomic E-state index is 4.80. The third kappa shape index (κ3) is 3.25. The quantitative estimate of drug-likeness (QED) is 0.769. The van der Waals surface area contributed by atoms with Crippen molar-refractivity contribution in [3.63, 3.8) is 0 Å². The number of aromatic nitrogens is 3. The summed E-state index contributed by atoms with van der Waals surface area (Å²) in [5.74, 6) is 0.662. The largest absolute Gasteiger partial charge is 0.369 e. The van der Waals surface area contributed by atoms with E-state index in [0.29, 0.717) is 12.0 Å². The smallest absolute Gasteiger partial charge is 0.229 e. The minimum absolute atomic E-state index is 0.617. The van der Waals surface area contributed by atoms with Gasteiger partial charge in [0.1, 0.15) is 5.65 Å². The molecule has 6 nitrogen and oxygen atoms in total. The van der Waals surface area contributed by atoms with Crippen LogP contribution in [-0.2, 0) is 0 Å². The fourth-order valence-electron chi connectivity index (χ4n) is 3.83. The fraction of sp³-hybridized carbons (Fsp3) is 0.429. The van der Waals surface area contributed by atoms with Crippen molar-refractivity contribution < 1.29 is 0 Å². The molecule has 1 N–H and O–H groups in total. The molecule has 140 valence electrons. The highest BCUT2D eigenvalue weighted by molar-refractivity contribution is 5.81. The standard InChI is InChI=1S/C21H26N6/c1-15-14-27(18-7-8-18)20-19(15)13-22-21(24-20)23-16-3-5-17(6-4-16)26-11-9-25(2)10-12-26/h3-6,13-14,18H,7-12H2,1-2H3,(H,22,23,24). The molecule has 2 aromatic heterocycles. The van der Waals surface area contributed by atoms with Crippen LogP contribution < -0.4 is 10.2 Å². The molecular formula is C21H26N6. The van der Waals surface area contributed by atoms with E-state index in [0.717, 1.165) is 42.9 Å². The predicted octanol–water partition coefficient (Wildman–Crippen LogP) is 3.57. The molecule has 2 aliphatic rings. The number of nitrogens with one attached hydrogen (secondary N) is 1. The van der Waals surface area contributed by atoms with Crippen LogP contribution in [0.5, 0.6) is 0 Å². The second-order valence-electron chi connectivity index (χ2n) is 7.84. The van der Waals surface area contributed by atoms with E-state index in [1.165, 1.54) is 24.1 Å². The number of benzene rings is 1. The van der Waals surface area contributed by atoms with Crippen LogP contribution in [0.1, 0.15) is 24.4 Å². The predicted molar refractivity (Wildman–Crippen MR) is 110 cm³/mol. The molecule has 1 saturated heterocycles. The maximum Gasteiger partial charge on any atom is 0.229 e. The van der Waals surface area contributed by atoms with E-state index in [4.69, 9.17) is 4.98 Å². The molecule has 5 rings (SSSR count). The molecule has 1 aromatic carbocycles. The number of nitrogens with zero attached hydrogens (tertiary/aromatic N) is 5. The Balaban J connectivity index is 1.35. The van der Waals surface area contributed by atoms with Gasteiger partial charge in [0.05, 0.1) is 0 Å². The second kappa shape index (κ2) is 6.53. The maximum absolute atomic E-state index is 4.80. The first kappa shape index (κ1) is 16.6. The minimum atomic E-state index is 0.617. The first-order valence-corrected chi connectivity index (χ1v) is 9.82. The molecule has 0 unspecified atom stereocenters. The number of aryl methyl sites for hydroxylation is 1. The molecule has 0 amide bonds. The Morgan fingerprint density at radius 2 is 1.78 bits per heavy atom. The van der Waals surface area contributed by atoms with E-state index in [9.17, 15) is 0 Å². The van der Waals surface area contributed by atoms with Gasteiger partial charge in [-0.15, -0.1) is 0 Å². The topological polar surface area (TPSA) is 49.2 Å². The number of rotatable bonds is 4. The van der Waals surface area contributed by atoms with Gasteiger partial charge in [0.15, 0.2) is 0 Å². The minimum Gasteiger partial charge on any atom is -0.369 e. The summed E-state index contributed by atoms with van der Waals surface area (Å²) in [5, 5.41) is 4.52. The van der Waals surface area contributed by atoms with Crippen LogP contribution in [0.15, 0.2) is 36.7 Å². The van der Waals surface area contributed by atoms with Gasteiger partial charge in [-0.2, -0.15) is 4.98 Å². The van der Waals surface area contributed by atoms with Crippen molar-refractivity contribution in [2.45, 2.75) is 25.8 Å². The molecular weight excluding hydrogens is 336 g/mol. The van der Waals surface area contributed by atoms with Crippen molar-refractivity contribution in [2.75, 3.05) is 43.4 Å². The molecule has 0 bridgehead atoms. The Bertz CT molecular complexity index is 949. The number of likely N-dealkylation sites (N-methyl/N-ethyl adjacent to an activating group) is 1. The summed E-state index contributed by atoms with van der Waals surface area (Å²) in [7, 11) is 2.18. The molecule has 3 aromatic rings. The van der Waals surface area contributed by atoms with Crippen molar-refractivity contribution in [3.05, 3.63) is 42.2 Å². The van der Waals surface area contributed by atoms with Crippen LogP contribution >= 0.6 is 0 Å². The fourth-order valence-corrected chi connectivity index (χ4v) is 3.83. The summed E-state index contributed by atoms with van der Waals surface area (Å²) >= 11 is 0. The van der Waals surface area contributed by atoms with Gasteiger partial charge < -0.3 is 19.7 Å². The summed E-state index contributed by atoms with van der Waals surface area (Å²) < 4.78 is 2.31. The third-order valence-corrected chi connectivity index (χ3v) is 5.70. The van der Waals surface area contributed by atoms with Gasteiger partial charge in [-0.25, -0.2) is 4.98 Å². The van der Waals surface area contributed by atoms with Gasteiger partial charge >= 0.3 is 0 Å². The van der Waals surface area contributed by atoms with Gasteiger partial charge in [0.2, 0.25) is 5.95 Å². The first-order chi connectivity index (χ1) is 13.2. The van der Waals surface area contributed by atoms with Crippen molar-refractivity contribution in [1.29, 1.82) is 0 Å². The average Bonchev–Trinajstić information content (AvgIpc) is 3.48. The SMILES string of the molecule is Cc1cn(C2CC2)c2nc(Nc3ccc(N4CCN(C)CC4)cc3)ncc12. The summed E-state index contributed by atoms with van der Waals surface area (Å²) in [6, 6.07) is 9.22. The van der Waals surface area contributed by atoms with E-state index in [-0.39, 0.29) is 0 Å². The van der Waals surface area contributed by atoms with Crippen molar-refractivity contribution >= 4 is 28.4 Å². The highest BCUT2D eigenvalue weighted by Gasteiger charge is 2.26. The Kier molecular flexibility index (Phi) is 4.01. The van der Waals surface area contributed by atoms with Crippen LogP contribution in [0, 0.1) is 6.92 Å². The average molecular weight is 362 g/mol. The third-order valence-electron chi connectivity index (χ3n) is 5.70. The van der Waals surface area contributed by atoms with E-state index in [2.05, 4.69) is 69.1 Å². The Morgan fingerprint density at radius 3 is 2.48 bits per heavy atom. The van der Waals surface area contributed by atoms with E-state index in [1.807, 2.05) is 6.20 Å². The van der Waals surface area contributed by atoms with Gasteiger partial charge in [-0.1, -0.05) is 0 Å². The molecule has 0 radical (unpaired) electrons. The highest BCUT2D eigenvalue weighted by atomic mass is 15.2. The van der Waals surface area contributed by atoms with Crippen molar-refractivity contribution in [3.8, 4) is 0 Å². The lowest BCUT2D eigenvalue weighted by atomic mass is 10.2. The summed E-state index contributed by atoms with van der Waals surface area (Å²) in [6.07, 6.45) is 6.66. The summed E-state index contributed by atoms with van der Waals surface area (Å²) in [6.45, 7) is 6.54. The van der Waals surface area contributed by atoms with E-state index < -0.39 is 0 Å². The Morgan fingerprint density at radius 1 is 1.04 bits per heavy atom. The molecule has 0 spiro atoms.